The summed E-state index contributed by atoms with van der Waals surface area (Å²) in [6, 6.07) is 13.5. The molecule has 1 saturated carbocycles. The minimum atomic E-state index is -4.77. The van der Waals surface area contributed by atoms with E-state index in [4.69, 9.17) is 19.7 Å². The predicted molar refractivity (Wildman–Crippen MR) is 89.3 cm³/mol. The van der Waals surface area contributed by atoms with Gasteiger partial charge >= 0.3 is 6.36 Å². The standard InChI is InChI=1S/C17H15F3O3S.CH2O3.Ag/c18-17(19,20)22-13-6-7-15(12(10-13)11-21)23-16(8-9-16)24-14-4-2-1-3-5-14;2-1(3)4;/h1-7,10,21H,8-9,11H2;(H2,2,3,4);/p-2. The van der Waals surface area contributed by atoms with E-state index in [-0.39, 0.29) is 33.7 Å². The molecule has 1 aliphatic carbocycles. The fourth-order valence-electron chi connectivity index (χ4n) is 2.21. The SMILES string of the molecule is O=C([O-])[O-].OCc1cc(OC(F)(F)F)ccc1OC1(Sc2ccccc2)CC1.[Ag]. The molecular formula is C18H15AgF3O6S-2. The van der Waals surface area contributed by atoms with Gasteiger partial charge in [0.1, 0.15) is 11.5 Å². The molecule has 0 aliphatic heterocycles. The first kappa shape index (κ1) is 25.2. The van der Waals surface area contributed by atoms with Gasteiger partial charge in [0.15, 0.2) is 4.93 Å². The van der Waals surface area contributed by atoms with E-state index in [0.717, 1.165) is 23.8 Å². The third kappa shape index (κ3) is 9.01. The molecule has 2 aromatic rings. The molecule has 6 nitrogen and oxygen atoms in total. The zero-order valence-corrected chi connectivity index (χ0v) is 16.9. The first-order valence-electron chi connectivity index (χ1n) is 7.93. The van der Waals surface area contributed by atoms with Gasteiger partial charge in [0.25, 0.3) is 0 Å². The van der Waals surface area contributed by atoms with Crippen molar-refractivity contribution in [2.45, 2.75) is 35.6 Å². The molecule has 11 heteroatoms. The molecule has 0 saturated heterocycles. The van der Waals surface area contributed by atoms with Crippen molar-refractivity contribution in [1.82, 2.24) is 0 Å². The summed E-state index contributed by atoms with van der Waals surface area (Å²) in [6.07, 6.45) is -5.44. The molecule has 0 amide bonds. The molecule has 29 heavy (non-hydrogen) atoms. The summed E-state index contributed by atoms with van der Waals surface area (Å²) in [7, 11) is 0. The van der Waals surface area contributed by atoms with Crippen molar-refractivity contribution in [2.24, 2.45) is 0 Å². The largest absolute Gasteiger partial charge is 0.652 e. The van der Waals surface area contributed by atoms with Gasteiger partial charge < -0.3 is 29.6 Å². The fraction of sp³-hybridized carbons (Fsp3) is 0.278. The number of alkyl halides is 3. The number of aliphatic hydroxyl groups excluding tert-OH is 1. The van der Waals surface area contributed by atoms with Crippen LogP contribution in [0.2, 0.25) is 0 Å². The quantitative estimate of drug-likeness (QED) is 0.457. The normalized spacial score (nSPS) is 13.9. The van der Waals surface area contributed by atoms with Gasteiger partial charge in [-0.05, 0) is 36.5 Å². The fourth-order valence-corrected chi connectivity index (χ4v) is 3.37. The number of halogens is 3. The van der Waals surface area contributed by atoms with E-state index in [1.807, 2.05) is 30.3 Å². The number of carboxylic acid groups (broad SMARTS) is 2. The van der Waals surface area contributed by atoms with Crippen LogP contribution in [-0.2, 0) is 29.0 Å². The van der Waals surface area contributed by atoms with Crippen LogP contribution >= 0.6 is 11.8 Å². The van der Waals surface area contributed by atoms with Gasteiger partial charge in [-0.25, -0.2) is 0 Å². The van der Waals surface area contributed by atoms with Gasteiger partial charge in [-0.15, -0.1) is 13.2 Å². The van der Waals surface area contributed by atoms with Crippen LogP contribution in [-0.4, -0.2) is 22.6 Å². The number of benzene rings is 2. The molecule has 1 aliphatic rings. The van der Waals surface area contributed by atoms with Crippen molar-refractivity contribution >= 4 is 17.9 Å². The minimum Gasteiger partial charge on any atom is -0.652 e. The van der Waals surface area contributed by atoms with Crippen LogP contribution in [0.4, 0.5) is 18.0 Å². The predicted octanol–water partition coefficient (Wildman–Crippen LogP) is 2.29. The van der Waals surface area contributed by atoms with E-state index in [1.54, 1.807) is 11.8 Å². The van der Waals surface area contributed by atoms with Crippen molar-refractivity contribution in [1.29, 1.82) is 0 Å². The third-order valence-corrected chi connectivity index (χ3v) is 4.81. The Bertz CT molecular complexity index is 796. The molecule has 163 valence electrons. The van der Waals surface area contributed by atoms with E-state index in [1.165, 1.54) is 12.1 Å². The molecule has 0 spiro atoms. The summed E-state index contributed by atoms with van der Waals surface area (Å²) < 4.78 is 46.7. The number of rotatable bonds is 6. The van der Waals surface area contributed by atoms with Gasteiger partial charge in [-0.3, -0.25) is 0 Å². The Labute approximate surface area is 184 Å². The second-order valence-corrected chi connectivity index (χ2v) is 7.07. The Balaban J connectivity index is 0.000000771. The van der Waals surface area contributed by atoms with Crippen LogP contribution in [0.1, 0.15) is 18.4 Å². The van der Waals surface area contributed by atoms with Crippen LogP contribution in [0.5, 0.6) is 11.5 Å². The Morgan fingerprint density at radius 1 is 1.14 bits per heavy atom. The van der Waals surface area contributed by atoms with Crippen molar-refractivity contribution in [2.75, 3.05) is 0 Å². The molecule has 3 rings (SSSR count). The second-order valence-electron chi connectivity index (χ2n) is 5.65. The summed E-state index contributed by atoms with van der Waals surface area (Å²) in [5.74, 6) is -0.00702. The van der Waals surface area contributed by atoms with Crippen LogP contribution in [0.25, 0.3) is 0 Å². The van der Waals surface area contributed by atoms with Gasteiger partial charge in [-0.2, -0.15) is 0 Å². The van der Waals surface area contributed by atoms with Crippen LogP contribution < -0.4 is 19.7 Å². The zero-order chi connectivity index (χ0) is 20.8. The van der Waals surface area contributed by atoms with Crippen LogP contribution in [0.3, 0.4) is 0 Å². The molecule has 0 bridgehead atoms. The third-order valence-electron chi connectivity index (χ3n) is 3.44. The molecule has 0 heterocycles. The number of aliphatic hydroxyl groups is 1. The molecule has 2 aromatic carbocycles. The maximum absolute atomic E-state index is 12.3. The molecule has 1 fully saturated rings. The summed E-state index contributed by atoms with van der Waals surface area (Å²) in [5.41, 5.74) is 0.261. The van der Waals surface area contributed by atoms with Gasteiger partial charge in [0.2, 0.25) is 0 Å². The van der Waals surface area contributed by atoms with E-state index >= 15 is 0 Å². The molecule has 1 radical (unpaired) electrons. The number of ether oxygens (including phenoxy) is 2. The number of carbonyl (C=O) groups excluding carboxylic acids is 1. The van der Waals surface area contributed by atoms with Crippen LogP contribution in [0.15, 0.2) is 53.4 Å². The average Bonchev–Trinajstić information content (AvgIpc) is 3.34. The van der Waals surface area contributed by atoms with Gasteiger partial charge in [0, 0.05) is 45.7 Å². The Hall–Kier alpha value is -1.85. The van der Waals surface area contributed by atoms with Crippen molar-refractivity contribution in [3.63, 3.8) is 0 Å². The van der Waals surface area contributed by atoms with Crippen LogP contribution in [0, 0.1) is 0 Å². The Morgan fingerprint density at radius 3 is 2.21 bits per heavy atom. The number of thioether (sulfide) groups is 1. The Kier molecular flexibility index (Phi) is 9.37. The van der Waals surface area contributed by atoms with Gasteiger partial charge in [-0.1, -0.05) is 30.0 Å². The topological polar surface area (TPSA) is 102 Å². The van der Waals surface area contributed by atoms with Crippen molar-refractivity contribution in [3.8, 4) is 11.5 Å². The number of hydrogen-bond donors (Lipinski definition) is 1. The smallest absolute Gasteiger partial charge is 0.573 e. The average molecular weight is 524 g/mol. The summed E-state index contributed by atoms with van der Waals surface area (Å²) in [5, 5.41) is 26.1. The van der Waals surface area contributed by atoms with E-state index in [2.05, 4.69) is 4.74 Å². The summed E-state index contributed by atoms with van der Waals surface area (Å²) in [4.78, 5) is 8.95. The second kappa shape index (κ2) is 10.8. The maximum atomic E-state index is 12.3. The summed E-state index contributed by atoms with van der Waals surface area (Å²) >= 11 is 1.57. The van der Waals surface area contributed by atoms with E-state index in [9.17, 15) is 18.3 Å². The number of hydrogen-bond acceptors (Lipinski definition) is 7. The van der Waals surface area contributed by atoms with E-state index in [0.29, 0.717) is 5.75 Å². The van der Waals surface area contributed by atoms with Gasteiger partial charge in [0.05, 0.1) is 6.61 Å². The van der Waals surface area contributed by atoms with Crippen molar-refractivity contribution < 1.29 is 65.1 Å². The first-order valence-corrected chi connectivity index (χ1v) is 8.75. The molecular weight excluding hydrogens is 509 g/mol. The van der Waals surface area contributed by atoms with Crippen molar-refractivity contribution in [3.05, 3.63) is 54.1 Å². The number of carbonyl (C=O) groups is 1. The zero-order valence-electron chi connectivity index (χ0n) is 14.6. The molecule has 0 aromatic heterocycles. The maximum Gasteiger partial charge on any atom is 0.573 e. The molecule has 0 atom stereocenters. The van der Waals surface area contributed by atoms with E-state index < -0.39 is 24.1 Å². The molecule has 0 unspecified atom stereocenters. The Morgan fingerprint density at radius 2 is 1.72 bits per heavy atom. The monoisotopic (exact) mass is 523 g/mol. The molecule has 1 N–H and O–H groups in total. The first-order chi connectivity index (χ1) is 13.1. The summed E-state index contributed by atoms with van der Waals surface area (Å²) in [6.45, 7) is -0.434. The minimum absolute atomic E-state index is 0.